The second kappa shape index (κ2) is 6.72. The van der Waals surface area contributed by atoms with Crippen LogP contribution in [-0.4, -0.2) is 47.9 Å². The summed E-state index contributed by atoms with van der Waals surface area (Å²) in [6, 6.07) is 4.61. The largest absolute Gasteiger partial charge is 0.338 e. The Bertz CT molecular complexity index is 416. The van der Waals surface area contributed by atoms with Crippen molar-refractivity contribution in [1.82, 2.24) is 9.80 Å². The van der Waals surface area contributed by atoms with Gasteiger partial charge in [-0.05, 0) is 50.2 Å². The lowest BCUT2D eigenvalue weighted by atomic mass is 10.0. The van der Waals surface area contributed by atoms with E-state index in [1.54, 1.807) is 11.3 Å². The second-order valence-corrected chi connectivity index (χ2v) is 6.90. The molecule has 2 aliphatic rings. The van der Waals surface area contributed by atoms with E-state index >= 15 is 0 Å². The quantitative estimate of drug-likeness (QED) is 0.835. The van der Waals surface area contributed by atoms with Crippen LogP contribution < -0.4 is 0 Å². The minimum absolute atomic E-state index is 0.231. The van der Waals surface area contributed by atoms with E-state index in [4.69, 9.17) is 0 Å². The maximum atomic E-state index is 12.3. The molecule has 3 rings (SSSR count). The van der Waals surface area contributed by atoms with Crippen LogP contribution in [-0.2, 0) is 0 Å². The summed E-state index contributed by atoms with van der Waals surface area (Å²) in [4.78, 5) is 17.9. The van der Waals surface area contributed by atoms with Gasteiger partial charge in [-0.25, -0.2) is 0 Å². The Kier molecular flexibility index (Phi) is 4.73. The minimum Gasteiger partial charge on any atom is -0.338 e. The molecule has 4 heteroatoms. The van der Waals surface area contributed by atoms with Crippen molar-refractivity contribution in [2.75, 3.05) is 26.2 Å². The van der Waals surface area contributed by atoms with Crippen LogP contribution in [0.4, 0.5) is 0 Å². The summed E-state index contributed by atoms with van der Waals surface area (Å²) in [5.74, 6) is 0.231. The topological polar surface area (TPSA) is 23.6 Å². The van der Waals surface area contributed by atoms with Crippen LogP contribution in [0.25, 0.3) is 0 Å². The molecule has 1 amide bonds. The van der Waals surface area contributed by atoms with Crippen molar-refractivity contribution in [3.8, 4) is 0 Å². The van der Waals surface area contributed by atoms with E-state index in [2.05, 4.69) is 4.90 Å². The Labute approximate surface area is 125 Å². The van der Waals surface area contributed by atoms with Gasteiger partial charge in [0.05, 0.1) is 4.88 Å². The van der Waals surface area contributed by atoms with E-state index < -0.39 is 0 Å². The Morgan fingerprint density at radius 3 is 2.35 bits per heavy atom. The lowest BCUT2D eigenvalue weighted by molar-refractivity contribution is 0.0627. The molecule has 0 aromatic carbocycles. The van der Waals surface area contributed by atoms with Crippen LogP contribution in [0, 0.1) is 0 Å². The Morgan fingerprint density at radius 2 is 1.75 bits per heavy atom. The summed E-state index contributed by atoms with van der Waals surface area (Å²) in [5, 5.41) is 1.98. The first-order valence-electron chi connectivity index (χ1n) is 7.91. The number of rotatable bonds is 2. The van der Waals surface area contributed by atoms with Crippen LogP contribution >= 0.6 is 11.3 Å². The van der Waals surface area contributed by atoms with Gasteiger partial charge in [0, 0.05) is 19.1 Å². The summed E-state index contributed by atoms with van der Waals surface area (Å²) in [6.45, 7) is 4.39. The zero-order valence-corrected chi connectivity index (χ0v) is 12.9. The second-order valence-electron chi connectivity index (χ2n) is 5.95. The minimum atomic E-state index is 0.231. The number of carbonyl (C=O) groups is 1. The summed E-state index contributed by atoms with van der Waals surface area (Å²) in [5.41, 5.74) is 0. The molecule has 3 heterocycles. The van der Waals surface area contributed by atoms with Gasteiger partial charge in [0.25, 0.3) is 5.91 Å². The van der Waals surface area contributed by atoms with Gasteiger partial charge in [-0.2, -0.15) is 0 Å². The van der Waals surface area contributed by atoms with Crippen molar-refractivity contribution in [1.29, 1.82) is 0 Å². The number of likely N-dealkylation sites (tertiary alicyclic amines) is 2. The lowest BCUT2D eigenvalue weighted by Gasteiger charge is -2.38. The van der Waals surface area contributed by atoms with Crippen molar-refractivity contribution in [3.63, 3.8) is 0 Å². The number of amides is 1. The summed E-state index contributed by atoms with van der Waals surface area (Å²) in [6.07, 6.45) is 7.80. The van der Waals surface area contributed by atoms with E-state index in [0.717, 1.165) is 30.8 Å². The van der Waals surface area contributed by atoms with E-state index in [9.17, 15) is 4.79 Å². The molecule has 1 aromatic heterocycles. The molecule has 0 saturated carbocycles. The molecule has 0 unspecified atom stereocenters. The lowest BCUT2D eigenvalue weighted by Crippen LogP contribution is -2.46. The van der Waals surface area contributed by atoms with E-state index in [0.29, 0.717) is 6.04 Å². The zero-order valence-electron chi connectivity index (χ0n) is 12.1. The van der Waals surface area contributed by atoms with Crippen molar-refractivity contribution in [3.05, 3.63) is 22.4 Å². The van der Waals surface area contributed by atoms with Gasteiger partial charge in [-0.15, -0.1) is 11.3 Å². The third kappa shape index (κ3) is 3.23. The van der Waals surface area contributed by atoms with Crippen LogP contribution in [0.15, 0.2) is 17.5 Å². The van der Waals surface area contributed by atoms with Crippen LogP contribution in [0.1, 0.15) is 48.2 Å². The van der Waals surface area contributed by atoms with Crippen LogP contribution in [0.5, 0.6) is 0 Å². The van der Waals surface area contributed by atoms with Gasteiger partial charge in [0.1, 0.15) is 0 Å². The fourth-order valence-electron chi connectivity index (χ4n) is 3.45. The molecule has 20 heavy (non-hydrogen) atoms. The summed E-state index contributed by atoms with van der Waals surface area (Å²) >= 11 is 1.55. The number of nitrogens with zero attached hydrogens (tertiary/aromatic N) is 2. The van der Waals surface area contributed by atoms with E-state index in [-0.39, 0.29) is 5.91 Å². The SMILES string of the molecule is O=C(c1cccs1)N1CCC(N2CCCCCC2)CC1. The predicted octanol–water partition coefficient (Wildman–Crippen LogP) is 3.23. The molecule has 0 N–H and O–H groups in total. The third-order valence-corrected chi connectivity index (χ3v) is 5.50. The first-order valence-corrected chi connectivity index (χ1v) is 8.79. The van der Waals surface area contributed by atoms with Gasteiger partial charge >= 0.3 is 0 Å². The molecule has 0 aliphatic carbocycles. The van der Waals surface area contributed by atoms with Gasteiger partial charge in [-0.3, -0.25) is 4.79 Å². The highest BCUT2D eigenvalue weighted by molar-refractivity contribution is 7.12. The molecule has 1 aromatic rings. The summed E-state index contributed by atoms with van der Waals surface area (Å²) < 4.78 is 0. The number of hydrogen-bond acceptors (Lipinski definition) is 3. The molecule has 0 radical (unpaired) electrons. The highest BCUT2D eigenvalue weighted by Gasteiger charge is 2.27. The molecule has 2 fully saturated rings. The van der Waals surface area contributed by atoms with Gasteiger partial charge < -0.3 is 9.80 Å². The standard InChI is InChI=1S/C16H24N2OS/c19-16(15-6-5-13-20-15)18-11-7-14(8-12-18)17-9-3-1-2-4-10-17/h5-6,13-14H,1-4,7-12H2. The number of thiophene rings is 1. The van der Waals surface area contributed by atoms with E-state index in [1.165, 1.54) is 38.8 Å². The smallest absolute Gasteiger partial charge is 0.263 e. The predicted molar refractivity (Wildman–Crippen MR) is 83.3 cm³/mol. The highest BCUT2D eigenvalue weighted by Crippen LogP contribution is 2.22. The van der Waals surface area contributed by atoms with Crippen molar-refractivity contribution < 1.29 is 4.79 Å². The fourth-order valence-corrected chi connectivity index (χ4v) is 4.14. The zero-order chi connectivity index (χ0) is 13.8. The maximum absolute atomic E-state index is 12.3. The number of carbonyl (C=O) groups excluding carboxylic acids is 1. The monoisotopic (exact) mass is 292 g/mol. The number of piperidine rings is 1. The first kappa shape index (κ1) is 14.1. The molecule has 110 valence electrons. The van der Waals surface area contributed by atoms with Crippen molar-refractivity contribution in [2.45, 2.75) is 44.6 Å². The third-order valence-electron chi connectivity index (χ3n) is 4.64. The molecular weight excluding hydrogens is 268 g/mol. The molecule has 0 bridgehead atoms. The van der Waals surface area contributed by atoms with Gasteiger partial charge in [0.2, 0.25) is 0 Å². The Morgan fingerprint density at radius 1 is 1.05 bits per heavy atom. The molecule has 2 saturated heterocycles. The average Bonchev–Trinajstić information content (AvgIpc) is 2.89. The first-order chi connectivity index (χ1) is 9.84. The Hall–Kier alpha value is -0.870. The van der Waals surface area contributed by atoms with Gasteiger partial charge in [0.15, 0.2) is 0 Å². The fraction of sp³-hybridized carbons (Fsp3) is 0.688. The van der Waals surface area contributed by atoms with Crippen molar-refractivity contribution >= 4 is 17.2 Å². The number of hydrogen-bond donors (Lipinski definition) is 0. The van der Waals surface area contributed by atoms with Crippen LogP contribution in [0.3, 0.4) is 0 Å². The Balaban J connectivity index is 1.52. The molecule has 2 aliphatic heterocycles. The molecule has 0 atom stereocenters. The van der Waals surface area contributed by atoms with Crippen molar-refractivity contribution in [2.24, 2.45) is 0 Å². The van der Waals surface area contributed by atoms with Crippen LogP contribution in [0.2, 0.25) is 0 Å². The normalized spacial score (nSPS) is 22.7. The molecular formula is C16H24N2OS. The molecule has 3 nitrogen and oxygen atoms in total. The van der Waals surface area contributed by atoms with Gasteiger partial charge in [-0.1, -0.05) is 18.9 Å². The average molecular weight is 292 g/mol. The molecule has 0 spiro atoms. The highest BCUT2D eigenvalue weighted by atomic mass is 32.1. The summed E-state index contributed by atoms with van der Waals surface area (Å²) in [7, 11) is 0. The maximum Gasteiger partial charge on any atom is 0.263 e. The van der Waals surface area contributed by atoms with E-state index in [1.807, 2.05) is 22.4 Å².